The van der Waals surface area contributed by atoms with Crippen molar-refractivity contribution in [3.8, 4) is 11.3 Å². The van der Waals surface area contributed by atoms with Crippen LogP contribution in [0.3, 0.4) is 0 Å². The number of benzene rings is 1. The molecule has 2 amide bonds. The van der Waals surface area contributed by atoms with Crippen LogP contribution in [0.2, 0.25) is 5.02 Å². The molecule has 0 saturated carbocycles. The molecule has 2 aromatic heterocycles. The fourth-order valence-electron chi connectivity index (χ4n) is 4.75. The summed E-state index contributed by atoms with van der Waals surface area (Å²) in [7, 11) is -3.50. The molecule has 0 aliphatic carbocycles. The highest BCUT2D eigenvalue weighted by atomic mass is 35.5. The van der Waals surface area contributed by atoms with E-state index < -0.39 is 21.4 Å². The maximum atomic E-state index is 14.2. The number of carbonyl (C=O) groups excluding carboxylic acids is 2. The number of amides is 2. The number of pyridine rings is 1. The minimum Gasteiger partial charge on any atom is -0.449 e. The summed E-state index contributed by atoms with van der Waals surface area (Å²) >= 11 is 5.87. The quantitative estimate of drug-likeness (QED) is 0.448. The highest BCUT2D eigenvalue weighted by Crippen LogP contribution is 2.36. The Morgan fingerprint density at radius 2 is 1.88 bits per heavy atom. The van der Waals surface area contributed by atoms with Crippen molar-refractivity contribution in [3.05, 3.63) is 52.5 Å². The number of hydrogen-bond acceptors (Lipinski definition) is 6. The van der Waals surface area contributed by atoms with Crippen molar-refractivity contribution < 1.29 is 26.8 Å². The largest absolute Gasteiger partial charge is 0.449 e. The van der Waals surface area contributed by atoms with Crippen LogP contribution in [0.25, 0.3) is 22.4 Å². The molecule has 1 aliphatic rings. The zero-order valence-electron chi connectivity index (χ0n) is 23.5. The topological polar surface area (TPSA) is 113 Å². The van der Waals surface area contributed by atoms with Crippen LogP contribution in [-0.4, -0.2) is 72.5 Å². The Balaban J connectivity index is 1.62. The zero-order chi connectivity index (χ0) is 29.6. The molecule has 0 spiro atoms. The minimum absolute atomic E-state index is 0.0173. The summed E-state index contributed by atoms with van der Waals surface area (Å²) in [6.07, 6.45) is 0. The molecule has 1 aromatic carbocycles. The summed E-state index contributed by atoms with van der Waals surface area (Å²) in [5, 5.41) is 0.0173. The van der Waals surface area contributed by atoms with Crippen LogP contribution in [0.1, 0.15) is 57.7 Å². The van der Waals surface area contributed by atoms with Gasteiger partial charge in [0.2, 0.25) is 15.9 Å². The van der Waals surface area contributed by atoms with Gasteiger partial charge >= 0.3 is 0 Å². The van der Waals surface area contributed by atoms with Crippen molar-refractivity contribution in [1.82, 2.24) is 19.5 Å². The lowest BCUT2D eigenvalue weighted by Crippen LogP contribution is -2.62. The van der Waals surface area contributed by atoms with Gasteiger partial charge in [0, 0.05) is 36.8 Å². The standard InChI is InChI=1S/C28H34ClFN4O5S/c1-7-40(37,38)31-15-24(35)33-10-11-34(28(5,6)16-33)26(36)23-14-22-25(39-23)18(27(2,3)4)13-21(32-22)17-8-9-19(29)20(30)12-17/h8-9,12-14,31H,7,10-11,15-16H2,1-6H3. The Bertz CT molecular complexity index is 1580. The predicted octanol–water partition coefficient (Wildman–Crippen LogP) is 4.59. The van der Waals surface area contributed by atoms with Crippen LogP contribution < -0.4 is 4.72 Å². The lowest BCUT2D eigenvalue weighted by Gasteiger charge is -2.46. The van der Waals surface area contributed by atoms with E-state index in [1.807, 2.05) is 40.7 Å². The molecule has 1 aliphatic heterocycles. The van der Waals surface area contributed by atoms with Crippen molar-refractivity contribution >= 4 is 44.5 Å². The van der Waals surface area contributed by atoms with Crippen LogP contribution in [0, 0.1) is 5.82 Å². The van der Waals surface area contributed by atoms with E-state index in [0.717, 1.165) is 5.56 Å². The van der Waals surface area contributed by atoms with Crippen LogP contribution in [0.4, 0.5) is 4.39 Å². The minimum atomic E-state index is -3.50. The van der Waals surface area contributed by atoms with E-state index >= 15 is 0 Å². The monoisotopic (exact) mass is 592 g/mol. The smallest absolute Gasteiger partial charge is 0.290 e. The number of halogens is 2. The number of carbonyl (C=O) groups is 2. The van der Waals surface area contributed by atoms with Gasteiger partial charge < -0.3 is 14.2 Å². The van der Waals surface area contributed by atoms with Gasteiger partial charge in [-0.25, -0.2) is 22.5 Å². The molecule has 40 heavy (non-hydrogen) atoms. The molecular weight excluding hydrogens is 559 g/mol. The van der Waals surface area contributed by atoms with E-state index in [0.29, 0.717) is 22.4 Å². The van der Waals surface area contributed by atoms with Gasteiger partial charge in [-0.1, -0.05) is 38.4 Å². The number of nitrogens with zero attached hydrogens (tertiary/aromatic N) is 3. The summed E-state index contributed by atoms with van der Waals surface area (Å²) in [6.45, 7) is 11.6. The second-order valence-electron chi connectivity index (χ2n) is 11.6. The molecule has 0 bridgehead atoms. The molecule has 1 saturated heterocycles. The number of hydrogen-bond donors (Lipinski definition) is 1. The van der Waals surface area contributed by atoms with Gasteiger partial charge in [0.05, 0.1) is 28.6 Å². The Morgan fingerprint density at radius 1 is 1.18 bits per heavy atom. The van der Waals surface area contributed by atoms with E-state index in [1.54, 1.807) is 21.9 Å². The van der Waals surface area contributed by atoms with E-state index in [4.69, 9.17) is 16.0 Å². The first-order valence-electron chi connectivity index (χ1n) is 13.0. The molecule has 4 rings (SSSR count). The van der Waals surface area contributed by atoms with Crippen molar-refractivity contribution in [2.45, 2.75) is 52.5 Å². The van der Waals surface area contributed by atoms with Crippen molar-refractivity contribution in [2.75, 3.05) is 31.9 Å². The van der Waals surface area contributed by atoms with Gasteiger partial charge in [-0.2, -0.15) is 0 Å². The molecule has 1 N–H and O–H groups in total. The van der Waals surface area contributed by atoms with E-state index in [-0.39, 0.29) is 59.9 Å². The molecule has 0 radical (unpaired) electrons. The normalized spacial score (nSPS) is 16.0. The third kappa shape index (κ3) is 6.16. The summed E-state index contributed by atoms with van der Waals surface area (Å²) in [6, 6.07) is 7.92. The van der Waals surface area contributed by atoms with Crippen LogP contribution in [0.15, 0.2) is 34.7 Å². The molecule has 216 valence electrons. The summed E-state index contributed by atoms with van der Waals surface area (Å²) < 4.78 is 46.1. The molecule has 0 unspecified atom stereocenters. The van der Waals surface area contributed by atoms with Gasteiger partial charge in [-0.3, -0.25) is 9.59 Å². The molecule has 1 fully saturated rings. The van der Waals surface area contributed by atoms with Crippen molar-refractivity contribution in [3.63, 3.8) is 0 Å². The number of nitrogens with one attached hydrogen (secondary N) is 1. The first kappa shape index (κ1) is 30.0. The fourth-order valence-corrected chi connectivity index (χ4v) is 5.42. The maximum Gasteiger partial charge on any atom is 0.290 e. The predicted molar refractivity (Wildman–Crippen MR) is 152 cm³/mol. The SMILES string of the molecule is CCS(=O)(=O)NCC(=O)N1CCN(C(=O)c2cc3nc(-c4ccc(Cl)c(F)c4)cc(C(C)(C)C)c3o2)C(C)(C)C1. The van der Waals surface area contributed by atoms with E-state index in [9.17, 15) is 22.4 Å². The van der Waals surface area contributed by atoms with E-state index in [1.165, 1.54) is 19.1 Å². The average Bonchev–Trinajstić information content (AvgIpc) is 3.31. The summed E-state index contributed by atoms with van der Waals surface area (Å²) in [5.41, 5.74) is 1.71. The highest BCUT2D eigenvalue weighted by molar-refractivity contribution is 7.89. The number of furan rings is 1. The van der Waals surface area contributed by atoms with Crippen molar-refractivity contribution in [2.24, 2.45) is 0 Å². The molecule has 0 atom stereocenters. The first-order chi connectivity index (χ1) is 18.5. The van der Waals surface area contributed by atoms with Gasteiger partial charge in [0.1, 0.15) is 11.3 Å². The number of sulfonamides is 1. The number of fused-ring (bicyclic) bond motifs is 1. The number of rotatable bonds is 6. The molecule has 3 heterocycles. The van der Waals surface area contributed by atoms with Crippen molar-refractivity contribution in [1.29, 1.82) is 0 Å². The lowest BCUT2D eigenvalue weighted by molar-refractivity contribution is -0.134. The molecule has 9 nitrogen and oxygen atoms in total. The highest BCUT2D eigenvalue weighted by Gasteiger charge is 2.40. The lowest BCUT2D eigenvalue weighted by atomic mass is 9.86. The molecular formula is C28H34ClFN4O5S. The third-order valence-corrected chi connectivity index (χ3v) is 8.69. The van der Waals surface area contributed by atoms with E-state index in [2.05, 4.69) is 9.71 Å². The first-order valence-corrected chi connectivity index (χ1v) is 15.0. The Morgan fingerprint density at radius 3 is 2.48 bits per heavy atom. The fraction of sp³-hybridized carbons (Fsp3) is 0.464. The van der Waals surface area contributed by atoms with Crippen LogP contribution in [-0.2, 0) is 20.2 Å². The third-order valence-electron chi connectivity index (χ3n) is 7.04. The molecule has 3 aromatic rings. The summed E-state index contributed by atoms with van der Waals surface area (Å²) in [5.74, 6) is -1.26. The summed E-state index contributed by atoms with van der Waals surface area (Å²) in [4.78, 5) is 34.2. The molecule has 12 heteroatoms. The van der Waals surface area contributed by atoms with Crippen LogP contribution >= 0.6 is 11.6 Å². The second-order valence-corrected chi connectivity index (χ2v) is 14.1. The van der Waals surface area contributed by atoms with Gasteiger partial charge in [-0.15, -0.1) is 0 Å². The van der Waals surface area contributed by atoms with Gasteiger partial charge in [0.25, 0.3) is 5.91 Å². The Kier molecular flexibility index (Phi) is 8.05. The second kappa shape index (κ2) is 10.8. The Hall–Kier alpha value is -3.02. The van der Waals surface area contributed by atoms with Gasteiger partial charge in [-0.05, 0) is 44.4 Å². The number of aromatic nitrogens is 1. The average molecular weight is 593 g/mol. The van der Waals surface area contributed by atoms with Crippen LogP contribution in [0.5, 0.6) is 0 Å². The number of piperazine rings is 1. The Labute approximate surface area is 238 Å². The maximum absolute atomic E-state index is 14.2. The zero-order valence-corrected chi connectivity index (χ0v) is 25.0. The van der Waals surface area contributed by atoms with Gasteiger partial charge in [0.15, 0.2) is 11.3 Å².